The minimum absolute atomic E-state index is 0.263. The van der Waals surface area contributed by atoms with Crippen molar-refractivity contribution in [1.29, 1.82) is 0 Å². The van der Waals surface area contributed by atoms with Gasteiger partial charge in [0, 0.05) is 12.7 Å². The molecule has 21 heavy (non-hydrogen) atoms. The first-order valence-electron chi connectivity index (χ1n) is 7.31. The Balaban J connectivity index is 1.82. The molecular formula is C15H24FNO4. The van der Waals surface area contributed by atoms with Crippen LogP contribution in [-0.2, 0) is 14.2 Å². The van der Waals surface area contributed by atoms with Gasteiger partial charge in [-0.15, -0.1) is 0 Å². The van der Waals surface area contributed by atoms with E-state index in [0.717, 1.165) is 19.4 Å². The second kappa shape index (κ2) is 12.5. The molecule has 0 fully saturated rings. The molecule has 0 aliphatic carbocycles. The van der Waals surface area contributed by atoms with Gasteiger partial charge in [-0.1, -0.05) is 19.4 Å². The minimum Gasteiger partial charge on any atom is -0.475 e. The largest absolute Gasteiger partial charge is 0.475 e. The summed E-state index contributed by atoms with van der Waals surface area (Å²) < 4.78 is 34.0. The van der Waals surface area contributed by atoms with Gasteiger partial charge in [0.15, 0.2) is 0 Å². The fourth-order valence-corrected chi connectivity index (χ4v) is 1.46. The Kier molecular flexibility index (Phi) is 10.6. The van der Waals surface area contributed by atoms with Crippen LogP contribution in [0.25, 0.3) is 0 Å². The van der Waals surface area contributed by atoms with Crippen LogP contribution in [-0.4, -0.2) is 51.2 Å². The number of rotatable bonds is 13. The molecule has 0 radical (unpaired) electrons. The molecule has 1 rings (SSSR count). The van der Waals surface area contributed by atoms with Crippen LogP contribution < -0.4 is 4.74 Å². The zero-order valence-corrected chi connectivity index (χ0v) is 12.6. The summed E-state index contributed by atoms with van der Waals surface area (Å²) in [5.74, 6) is -0.290. The van der Waals surface area contributed by atoms with Gasteiger partial charge in [0.25, 0.3) is 0 Å². The van der Waals surface area contributed by atoms with Gasteiger partial charge in [-0.05, 0) is 12.5 Å². The second-order valence-corrected chi connectivity index (χ2v) is 4.34. The number of halogens is 1. The third kappa shape index (κ3) is 10.2. The first-order valence-corrected chi connectivity index (χ1v) is 7.31. The Bertz CT molecular complexity index is 365. The van der Waals surface area contributed by atoms with Crippen LogP contribution in [0.4, 0.5) is 4.39 Å². The van der Waals surface area contributed by atoms with Gasteiger partial charge in [-0.25, -0.2) is 0 Å². The van der Waals surface area contributed by atoms with Gasteiger partial charge in [0.05, 0.1) is 33.0 Å². The summed E-state index contributed by atoms with van der Waals surface area (Å²) in [5.41, 5.74) is 0. The normalized spacial score (nSPS) is 10.8. The van der Waals surface area contributed by atoms with Crippen molar-refractivity contribution in [3.8, 4) is 5.88 Å². The molecule has 0 atom stereocenters. The van der Waals surface area contributed by atoms with Crippen LogP contribution in [0.2, 0.25) is 0 Å². The predicted molar refractivity (Wildman–Crippen MR) is 77.1 cm³/mol. The van der Waals surface area contributed by atoms with Crippen LogP contribution in [0.5, 0.6) is 5.88 Å². The molecule has 1 heterocycles. The molecule has 0 bridgehead atoms. The number of ether oxygens (including phenoxy) is 4. The molecule has 0 saturated heterocycles. The molecule has 0 N–H and O–H groups in total. The van der Waals surface area contributed by atoms with Crippen molar-refractivity contribution in [3.63, 3.8) is 0 Å². The zero-order chi connectivity index (χ0) is 15.2. The first kappa shape index (κ1) is 17.8. The summed E-state index contributed by atoms with van der Waals surface area (Å²) >= 11 is 0. The second-order valence-electron chi connectivity index (χ2n) is 4.34. The number of pyridine rings is 1. The van der Waals surface area contributed by atoms with Crippen LogP contribution >= 0.6 is 0 Å². The number of aromatic nitrogens is 1. The van der Waals surface area contributed by atoms with Gasteiger partial charge in [0.1, 0.15) is 6.61 Å². The summed E-state index contributed by atoms with van der Waals surface area (Å²) in [6.45, 7) is 5.88. The molecule has 0 unspecified atom stereocenters. The van der Waals surface area contributed by atoms with Crippen molar-refractivity contribution in [2.24, 2.45) is 0 Å². The van der Waals surface area contributed by atoms with E-state index in [2.05, 4.69) is 11.9 Å². The van der Waals surface area contributed by atoms with Crippen molar-refractivity contribution in [2.45, 2.75) is 19.8 Å². The lowest BCUT2D eigenvalue weighted by Crippen LogP contribution is -2.13. The Morgan fingerprint density at radius 3 is 2.14 bits per heavy atom. The fraction of sp³-hybridized carbons (Fsp3) is 0.667. The van der Waals surface area contributed by atoms with E-state index in [-0.39, 0.29) is 5.88 Å². The van der Waals surface area contributed by atoms with E-state index in [1.807, 2.05) is 0 Å². The lowest BCUT2D eigenvalue weighted by Gasteiger charge is -2.07. The summed E-state index contributed by atoms with van der Waals surface area (Å²) in [6.07, 6.45) is 2.23. The highest BCUT2D eigenvalue weighted by Gasteiger charge is 1.97. The van der Waals surface area contributed by atoms with Gasteiger partial charge in [-0.2, -0.15) is 9.37 Å². The van der Waals surface area contributed by atoms with Crippen molar-refractivity contribution in [3.05, 3.63) is 24.1 Å². The maximum atomic E-state index is 12.8. The Morgan fingerprint density at radius 1 is 0.905 bits per heavy atom. The van der Waals surface area contributed by atoms with E-state index < -0.39 is 5.95 Å². The highest BCUT2D eigenvalue weighted by Crippen LogP contribution is 2.05. The molecule has 120 valence electrons. The molecule has 1 aromatic rings. The number of hydrogen-bond donors (Lipinski definition) is 0. The van der Waals surface area contributed by atoms with Gasteiger partial charge < -0.3 is 18.9 Å². The van der Waals surface area contributed by atoms with E-state index in [0.29, 0.717) is 39.6 Å². The Hall–Kier alpha value is -1.24. The minimum atomic E-state index is -0.553. The molecule has 1 aromatic heterocycles. The maximum Gasteiger partial charge on any atom is 0.216 e. The third-order valence-electron chi connectivity index (χ3n) is 2.55. The number of nitrogens with zero attached hydrogens (tertiary/aromatic N) is 1. The molecule has 0 aliphatic heterocycles. The smallest absolute Gasteiger partial charge is 0.216 e. The molecule has 6 heteroatoms. The average Bonchev–Trinajstić information content (AvgIpc) is 2.48. The van der Waals surface area contributed by atoms with E-state index in [1.54, 1.807) is 12.1 Å². The maximum absolute atomic E-state index is 12.8. The van der Waals surface area contributed by atoms with E-state index in [4.69, 9.17) is 18.9 Å². The van der Waals surface area contributed by atoms with E-state index >= 15 is 0 Å². The lowest BCUT2D eigenvalue weighted by atomic mass is 10.4. The van der Waals surface area contributed by atoms with Crippen LogP contribution in [0.3, 0.4) is 0 Å². The fourth-order valence-electron chi connectivity index (χ4n) is 1.46. The lowest BCUT2D eigenvalue weighted by molar-refractivity contribution is 0.00868. The molecule has 0 amide bonds. The Morgan fingerprint density at radius 2 is 1.52 bits per heavy atom. The molecule has 0 aromatic carbocycles. The Labute approximate surface area is 125 Å². The topological polar surface area (TPSA) is 49.8 Å². The van der Waals surface area contributed by atoms with Crippen molar-refractivity contribution in [1.82, 2.24) is 4.98 Å². The molecule has 0 aliphatic rings. The molecule has 5 nitrogen and oxygen atoms in total. The number of unbranched alkanes of at least 4 members (excludes halogenated alkanes) is 1. The molecule has 0 spiro atoms. The summed E-state index contributed by atoms with van der Waals surface area (Å²) in [5, 5.41) is 0. The first-order chi connectivity index (χ1) is 10.3. The third-order valence-corrected chi connectivity index (χ3v) is 2.55. The molecule has 0 saturated carbocycles. The highest BCUT2D eigenvalue weighted by atomic mass is 19.1. The number of hydrogen-bond acceptors (Lipinski definition) is 5. The monoisotopic (exact) mass is 301 g/mol. The van der Waals surface area contributed by atoms with E-state index in [1.165, 1.54) is 6.07 Å². The summed E-state index contributed by atoms with van der Waals surface area (Å²) in [6, 6.07) is 4.42. The van der Waals surface area contributed by atoms with Crippen molar-refractivity contribution >= 4 is 0 Å². The predicted octanol–water partition coefficient (Wildman–Crippen LogP) is 2.45. The quantitative estimate of drug-likeness (QED) is 0.414. The summed E-state index contributed by atoms with van der Waals surface area (Å²) in [4.78, 5) is 3.58. The summed E-state index contributed by atoms with van der Waals surface area (Å²) in [7, 11) is 0. The van der Waals surface area contributed by atoms with Crippen molar-refractivity contribution < 1.29 is 23.3 Å². The van der Waals surface area contributed by atoms with Gasteiger partial charge >= 0.3 is 0 Å². The molecular weight excluding hydrogens is 277 g/mol. The van der Waals surface area contributed by atoms with E-state index in [9.17, 15) is 4.39 Å². The van der Waals surface area contributed by atoms with Gasteiger partial charge in [-0.3, -0.25) is 0 Å². The van der Waals surface area contributed by atoms with Crippen LogP contribution in [0, 0.1) is 5.95 Å². The van der Waals surface area contributed by atoms with Crippen molar-refractivity contribution in [2.75, 3.05) is 46.2 Å². The van der Waals surface area contributed by atoms with Crippen LogP contribution in [0.1, 0.15) is 19.8 Å². The average molecular weight is 301 g/mol. The van der Waals surface area contributed by atoms with Gasteiger partial charge in [0.2, 0.25) is 11.8 Å². The van der Waals surface area contributed by atoms with Crippen LogP contribution in [0.15, 0.2) is 18.2 Å². The standard InChI is InChI=1S/C15H24FNO4/c1-2-3-7-18-8-9-19-10-11-20-12-13-21-15-6-4-5-14(16)17-15/h4-6H,2-3,7-13H2,1H3. The SMILES string of the molecule is CCCCOCCOCCOCCOc1cccc(F)n1. The zero-order valence-electron chi connectivity index (χ0n) is 12.6. The highest BCUT2D eigenvalue weighted by molar-refractivity contribution is 5.10.